The molecule has 11 heteroatoms. The highest BCUT2D eigenvalue weighted by molar-refractivity contribution is 6.07. The number of aliphatic hydroxyl groups is 2. The van der Waals surface area contributed by atoms with Crippen LogP contribution in [0.2, 0.25) is 0 Å². The summed E-state index contributed by atoms with van der Waals surface area (Å²) in [7, 11) is 0. The van der Waals surface area contributed by atoms with Crippen LogP contribution in [0.5, 0.6) is 0 Å². The van der Waals surface area contributed by atoms with E-state index in [0.717, 1.165) is 101 Å². The molecule has 4 atom stereocenters. The molecule has 8 aromatic rings. The van der Waals surface area contributed by atoms with Crippen molar-refractivity contribution in [3.05, 3.63) is 171 Å². The SMILES string of the molecule is C=Cc1ccc(Cc2cc3c(=O)n([C@H]4CCCC[C@@H]4O)cnc3c3ccncc23)cc1.O=Cc1ccc(Cc2cc3c(=O)n([C@H]4CCCC[C@@H]4O)cnc3c3ccncc23)cc1. The number of aliphatic hydroxyl groups excluding tert-OH is 2. The van der Waals surface area contributed by atoms with Crippen LogP contribution in [0.3, 0.4) is 0 Å². The lowest BCUT2D eigenvalue weighted by molar-refractivity contribution is 0.0733. The summed E-state index contributed by atoms with van der Waals surface area (Å²) >= 11 is 0. The van der Waals surface area contributed by atoms with Crippen LogP contribution in [-0.4, -0.2) is 57.8 Å². The molecule has 4 heterocycles. The van der Waals surface area contributed by atoms with E-state index in [9.17, 15) is 24.6 Å². The molecule has 0 radical (unpaired) electrons. The monoisotopic (exact) mass is 824 g/mol. The van der Waals surface area contributed by atoms with Gasteiger partial charge >= 0.3 is 0 Å². The normalized spacial score (nSPS) is 19.0. The van der Waals surface area contributed by atoms with Gasteiger partial charge in [0.15, 0.2) is 0 Å². The smallest absolute Gasteiger partial charge is 0.261 e. The zero-order valence-corrected chi connectivity index (χ0v) is 34.4. The summed E-state index contributed by atoms with van der Waals surface area (Å²) < 4.78 is 3.25. The first kappa shape index (κ1) is 40.7. The van der Waals surface area contributed by atoms with Crippen molar-refractivity contribution in [2.24, 2.45) is 0 Å². The molecule has 4 aromatic carbocycles. The molecule has 62 heavy (non-hydrogen) atoms. The minimum absolute atomic E-state index is 0.0853. The van der Waals surface area contributed by atoms with E-state index in [1.807, 2.05) is 67.0 Å². The third-order valence-corrected chi connectivity index (χ3v) is 12.8. The van der Waals surface area contributed by atoms with Crippen LogP contribution in [0.1, 0.15) is 102 Å². The molecular formula is C51H48N6O5. The first-order valence-corrected chi connectivity index (χ1v) is 21.5. The standard InChI is InChI=1S/C26H25N3O2.C25H23N3O3/c1-2-17-7-9-18(10-8-17)13-19-14-21-25(20-11-12-27-15-22(19)20)28-16-29(26(21)31)23-5-3-4-6-24(23)30;29-14-17-7-5-16(6-8-17)11-18-12-20-24(19-9-10-26-13-21(18)19)27-15-28(25(20)31)22-3-1-2-4-23(22)30/h2,7-12,14-16,23-24,30H,1,3-6,13H2;5-10,12-15,22-23,30H,1-4,11H2/t23-,24-;22-,23-/m00/s1. The second-order valence-electron chi connectivity index (χ2n) is 16.6. The van der Waals surface area contributed by atoms with E-state index in [4.69, 9.17) is 0 Å². The average molecular weight is 825 g/mol. The molecule has 2 fully saturated rings. The molecule has 2 aliphatic carbocycles. The Morgan fingerprint density at radius 2 is 1.02 bits per heavy atom. The third-order valence-electron chi connectivity index (χ3n) is 12.8. The van der Waals surface area contributed by atoms with Crippen molar-refractivity contribution < 1.29 is 15.0 Å². The number of carbonyl (C=O) groups is 1. The van der Waals surface area contributed by atoms with Gasteiger partial charge in [0, 0.05) is 51.9 Å². The molecular weight excluding hydrogens is 777 g/mol. The summed E-state index contributed by atoms with van der Waals surface area (Å²) in [4.78, 5) is 55.8. The minimum atomic E-state index is -0.522. The van der Waals surface area contributed by atoms with Gasteiger partial charge in [0.25, 0.3) is 11.1 Å². The van der Waals surface area contributed by atoms with E-state index >= 15 is 0 Å². The Bertz CT molecular complexity index is 2860. The Morgan fingerprint density at radius 1 is 0.581 bits per heavy atom. The lowest BCUT2D eigenvalue weighted by Crippen LogP contribution is -2.34. The lowest BCUT2D eigenvalue weighted by atomic mass is 9.92. The Hall–Kier alpha value is -6.69. The van der Waals surface area contributed by atoms with Crippen molar-refractivity contribution >= 4 is 55.7 Å². The number of rotatable bonds is 8. The quantitative estimate of drug-likeness (QED) is 0.114. The number of pyridine rings is 2. The largest absolute Gasteiger partial charge is 0.391 e. The first-order chi connectivity index (χ1) is 30.3. The zero-order chi connectivity index (χ0) is 42.7. The Labute approximate surface area is 358 Å². The van der Waals surface area contributed by atoms with Crippen molar-refractivity contribution in [2.45, 2.75) is 88.5 Å². The van der Waals surface area contributed by atoms with Crippen LogP contribution in [0.25, 0.3) is 49.4 Å². The molecule has 0 amide bonds. The molecule has 0 bridgehead atoms. The first-order valence-electron chi connectivity index (χ1n) is 21.5. The van der Waals surface area contributed by atoms with Gasteiger partial charge in [-0.05, 0) is 90.6 Å². The maximum Gasteiger partial charge on any atom is 0.261 e. The van der Waals surface area contributed by atoms with Crippen molar-refractivity contribution in [2.75, 3.05) is 0 Å². The van der Waals surface area contributed by atoms with Crippen molar-refractivity contribution in [1.29, 1.82) is 0 Å². The second kappa shape index (κ2) is 17.7. The summed E-state index contributed by atoms with van der Waals surface area (Å²) in [5.74, 6) is 0. The molecule has 0 spiro atoms. The predicted molar refractivity (Wildman–Crippen MR) is 244 cm³/mol. The van der Waals surface area contributed by atoms with Gasteiger partial charge in [0.1, 0.15) is 6.29 Å². The Morgan fingerprint density at radius 3 is 1.44 bits per heavy atom. The predicted octanol–water partition coefficient (Wildman–Crippen LogP) is 8.48. The summed E-state index contributed by atoms with van der Waals surface area (Å²) in [6, 6.07) is 23.0. The molecule has 0 unspecified atom stereocenters. The molecule has 2 N–H and O–H groups in total. The molecule has 4 aromatic heterocycles. The van der Waals surface area contributed by atoms with Crippen LogP contribution in [0.4, 0.5) is 0 Å². The van der Waals surface area contributed by atoms with E-state index in [1.54, 1.807) is 46.3 Å². The highest BCUT2D eigenvalue weighted by Crippen LogP contribution is 2.32. The van der Waals surface area contributed by atoms with Crippen molar-refractivity contribution in [3.8, 4) is 0 Å². The van der Waals surface area contributed by atoms with Crippen LogP contribution < -0.4 is 11.1 Å². The third kappa shape index (κ3) is 7.97. The summed E-state index contributed by atoms with van der Waals surface area (Å²) in [5, 5.41) is 25.9. The van der Waals surface area contributed by atoms with Crippen molar-refractivity contribution in [1.82, 2.24) is 29.1 Å². The number of hydrogen-bond donors (Lipinski definition) is 2. The van der Waals surface area contributed by atoms with Gasteiger partial charge < -0.3 is 10.2 Å². The van der Waals surface area contributed by atoms with Gasteiger partial charge in [-0.25, -0.2) is 9.97 Å². The van der Waals surface area contributed by atoms with Gasteiger partial charge in [-0.15, -0.1) is 0 Å². The van der Waals surface area contributed by atoms with Crippen molar-refractivity contribution in [3.63, 3.8) is 0 Å². The zero-order valence-electron chi connectivity index (χ0n) is 34.4. The fourth-order valence-electron chi connectivity index (χ4n) is 9.39. The average Bonchev–Trinajstić information content (AvgIpc) is 3.31. The van der Waals surface area contributed by atoms with Crippen LogP contribution in [0, 0.1) is 0 Å². The number of benzene rings is 4. The molecule has 2 aliphatic rings. The van der Waals surface area contributed by atoms with E-state index in [2.05, 4.69) is 38.6 Å². The number of carbonyl (C=O) groups excluding carboxylic acids is 1. The summed E-state index contributed by atoms with van der Waals surface area (Å²) in [5.41, 5.74) is 7.07. The van der Waals surface area contributed by atoms with E-state index in [1.165, 1.54) is 0 Å². The van der Waals surface area contributed by atoms with Gasteiger partial charge in [0.05, 0.1) is 58.8 Å². The van der Waals surface area contributed by atoms with Gasteiger partial charge in [-0.2, -0.15) is 0 Å². The van der Waals surface area contributed by atoms with Gasteiger partial charge in [-0.1, -0.05) is 86.9 Å². The van der Waals surface area contributed by atoms with Crippen LogP contribution in [-0.2, 0) is 12.8 Å². The molecule has 312 valence electrons. The topological polar surface area (TPSA) is 153 Å². The van der Waals surface area contributed by atoms with Gasteiger partial charge in [-0.3, -0.25) is 33.5 Å². The maximum absolute atomic E-state index is 13.5. The number of fused-ring (bicyclic) bond motifs is 6. The molecule has 0 saturated heterocycles. The van der Waals surface area contributed by atoms with E-state index < -0.39 is 12.2 Å². The highest BCUT2D eigenvalue weighted by atomic mass is 16.3. The Balaban J connectivity index is 0.000000158. The highest BCUT2D eigenvalue weighted by Gasteiger charge is 2.28. The number of aldehydes is 1. The molecule has 11 nitrogen and oxygen atoms in total. The molecule has 0 aliphatic heterocycles. The fraction of sp³-hybridized carbons (Fsp3) is 0.275. The number of aromatic nitrogens is 6. The molecule has 10 rings (SSSR count). The summed E-state index contributed by atoms with van der Waals surface area (Å²) in [6.45, 7) is 3.81. The number of nitrogens with zero attached hydrogens (tertiary/aromatic N) is 6. The van der Waals surface area contributed by atoms with Gasteiger partial charge in [0.2, 0.25) is 0 Å². The Kier molecular flexibility index (Phi) is 11.6. The van der Waals surface area contributed by atoms with Crippen LogP contribution in [0.15, 0.2) is 126 Å². The lowest BCUT2D eigenvalue weighted by Gasteiger charge is -2.29. The molecule has 2 saturated carbocycles. The minimum Gasteiger partial charge on any atom is -0.391 e. The van der Waals surface area contributed by atoms with E-state index in [0.29, 0.717) is 46.6 Å². The maximum atomic E-state index is 13.5. The van der Waals surface area contributed by atoms with Crippen LogP contribution >= 0.6 is 0 Å². The summed E-state index contributed by atoms with van der Waals surface area (Å²) in [6.07, 6.45) is 20.2. The van der Waals surface area contributed by atoms with E-state index in [-0.39, 0.29) is 23.2 Å². The number of hydrogen-bond acceptors (Lipinski definition) is 9. The fourth-order valence-corrected chi connectivity index (χ4v) is 9.39. The second-order valence-corrected chi connectivity index (χ2v) is 16.6.